The number of hydrogen-bond acceptors (Lipinski definition) is 7. The van der Waals surface area contributed by atoms with E-state index in [0.717, 1.165) is 35.1 Å². The predicted octanol–water partition coefficient (Wildman–Crippen LogP) is 3.13. The maximum absolute atomic E-state index is 5.05. The molecule has 30 heavy (non-hydrogen) atoms. The van der Waals surface area contributed by atoms with Gasteiger partial charge in [0.15, 0.2) is 11.6 Å². The maximum Gasteiger partial charge on any atom is 0.237 e. The molecule has 5 heterocycles. The van der Waals surface area contributed by atoms with E-state index in [-0.39, 0.29) is 6.04 Å². The van der Waals surface area contributed by atoms with Crippen LogP contribution in [-0.2, 0) is 0 Å². The van der Waals surface area contributed by atoms with E-state index in [9.17, 15) is 0 Å². The lowest BCUT2D eigenvalue weighted by atomic mass is 9.89. The van der Waals surface area contributed by atoms with E-state index in [1.807, 2.05) is 33.7 Å². The Morgan fingerprint density at radius 2 is 1.93 bits per heavy atom. The lowest BCUT2D eigenvalue weighted by Crippen LogP contribution is -2.46. The summed E-state index contributed by atoms with van der Waals surface area (Å²) in [5, 5.41) is 8.59. The van der Waals surface area contributed by atoms with Crippen molar-refractivity contribution in [3.05, 3.63) is 55.3 Å². The second-order valence-corrected chi connectivity index (χ2v) is 7.71. The topological polar surface area (TPSA) is 90.4 Å². The Labute approximate surface area is 173 Å². The fourth-order valence-corrected chi connectivity index (χ4v) is 4.41. The summed E-state index contributed by atoms with van der Waals surface area (Å²) < 4.78 is 3.96. The molecule has 150 valence electrons. The van der Waals surface area contributed by atoms with Crippen LogP contribution in [0.1, 0.15) is 44.5 Å². The maximum atomic E-state index is 5.05. The molecule has 1 aliphatic carbocycles. The second-order valence-electron chi connectivity index (χ2n) is 7.71. The van der Waals surface area contributed by atoms with Gasteiger partial charge in [-0.25, -0.2) is 9.97 Å². The molecule has 9 nitrogen and oxygen atoms in total. The van der Waals surface area contributed by atoms with E-state index in [1.54, 1.807) is 24.9 Å². The number of fused-ring (bicyclic) bond motifs is 3. The minimum Gasteiger partial charge on any atom is -0.341 e. The zero-order valence-corrected chi connectivity index (χ0v) is 16.6. The van der Waals surface area contributed by atoms with Crippen LogP contribution in [-0.4, -0.2) is 45.3 Å². The lowest BCUT2D eigenvalue weighted by molar-refractivity contribution is 0.341. The van der Waals surface area contributed by atoms with E-state index < -0.39 is 0 Å². The standard InChI is InChI=1S/C21H21N9/c1-2-16-20-27-25-13-29(20)17-12-24-21(26-19(17)30(16)15-4-3-5-15)28-11-10-23-18(28)14-6-8-22-9-7-14/h6-13,15-16H,2-5H2,1H3. The van der Waals surface area contributed by atoms with Gasteiger partial charge in [0.25, 0.3) is 0 Å². The number of aromatic nitrogens is 8. The van der Waals surface area contributed by atoms with Crippen LogP contribution in [0.2, 0.25) is 0 Å². The molecule has 4 aromatic rings. The Morgan fingerprint density at radius 1 is 1.07 bits per heavy atom. The van der Waals surface area contributed by atoms with Gasteiger partial charge in [0.1, 0.15) is 17.8 Å². The van der Waals surface area contributed by atoms with Crippen LogP contribution >= 0.6 is 0 Å². The van der Waals surface area contributed by atoms with Crippen LogP contribution in [0.5, 0.6) is 0 Å². The number of imidazole rings is 1. The SMILES string of the molecule is CCC1c2nncn2-c2cnc(-n3ccnc3-c3ccncc3)nc2N1C1CCC1. The van der Waals surface area contributed by atoms with Crippen molar-refractivity contribution in [1.29, 1.82) is 0 Å². The Kier molecular flexibility index (Phi) is 3.87. The fourth-order valence-electron chi connectivity index (χ4n) is 4.41. The zero-order chi connectivity index (χ0) is 20.1. The Balaban J connectivity index is 1.51. The van der Waals surface area contributed by atoms with Crippen LogP contribution in [0.3, 0.4) is 0 Å². The molecule has 0 radical (unpaired) electrons. The van der Waals surface area contributed by atoms with Gasteiger partial charge < -0.3 is 4.90 Å². The van der Waals surface area contributed by atoms with Crippen LogP contribution in [0, 0.1) is 0 Å². The smallest absolute Gasteiger partial charge is 0.237 e. The quantitative estimate of drug-likeness (QED) is 0.521. The first-order valence-corrected chi connectivity index (χ1v) is 10.3. The zero-order valence-electron chi connectivity index (χ0n) is 16.6. The van der Waals surface area contributed by atoms with Gasteiger partial charge >= 0.3 is 0 Å². The molecule has 1 saturated carbocycles. The van der Waals surface area contributed by atoms with Gasteiger partial charge in [0, 0.05) is 36.4 Å². The summed E-state index contributed by atoms with van der Waals surface area (Å²) in [5.74, 6) is 3.31. The summed E-state index contributed by atoms with van der Waals surface area (Å²) in [5.41, 5.74) is 1.90. The number of anilines is 1. The Hall–Kier alpha value is -3.62. The van der Waals surface area contributed by atoms with E-state index in [2.05, 4.69) is 37.0 Å². The van der Waals surface area contributed by atoms with Crippen molar-refractivity contribution in [3.63, 3.8) is 0 Å². The van der Waals surface area contributed by atoms with Crippen molar-refractivity contribution in [2.75, 3.05) is 4.90 Å². The van der Waals surface area contributed by atoms with Gasteiger partial charge in [-0.2, -0.15) is 4.98 Å². The molecule has 1 fully saturated rings. The van der Waals surface area contributed by atoms with Crippen molar-refractivity contribution in [1.82, 2.24) is 39.3 Å². The molecule has 2 aliphatic rings. The van der Waals surface area contributed by atoms with Crippen molar-refractivity contribution < 1.29 is 0 Å². The summed E-state index contributed by atoms with van der Waals surface area (Å²) in [4.78, 5) is 20.8. The highest BCUT2D eigenvalue weighted by molar-refractivity contribution is 5.64. The Morgan fingerprint density at radius 3 is 2.70 bits per heavy atom. The van der Waals surface area contributed by atoms with Crippen LogP contribution in [0.25, 0.3) is 23.0 Å². The van der Waals surface area contributed by atoms with E-state index >= 15 is 0 Å². The molecular formula is C21H21N9. The summed E-state index contributed by atoms with van der Waals surface area (Å²) in [7, 11) is 0. The second kappa shape index (κ2) is 6.72. The highest BCUT2D eigenvalue weighted by Gasteiger charge is 2.39. The highest BCUT2D eigenvalue weighted by Crippen LogP contribution is 2.43. The average molecular weight is 399 g/mol. The molecule has 1 aliphatic heterocycles. The Bertz CT molecular complexity index is 1190. The van der Waals surface area contributed by atoms with Crippen molar-refractivity contribution in [2.24, 2.45) is 0 Å². The van der Waals surface area contributed by atoms with Gasteiger partial charge in [-0.1, -0.05) is 6.92 Å². The van der Waals surface area contributed by atoms with Gasteiger partial charge in [0.2, 0.25) is 5.95 Å². The van der Waals surface area contributed by atoms with Crippen molar-refractivity contribution in [3.8, 4) is 23.0 Å². The summed E-state index contributed by atoms with van der Waals surface area (Å²) >= 11 is 0. The van der Waals surface area contributed by atoms with Crippen LogP contribution in [0.15, 0.2) is 49.4 Å². The lowest BCUT2D eigenvalue weighted by Gasteiger charge is -2.45. The van der Waals surface area contributed by atoms with Crippen molar-refractivity contribution >= 4 is 5.82 Å². The van der Waals surface area contributed by atoms with Crippen molar-refractivity contribution in [2.45, 2.75) is 44.7 Å². The third-order valence-corrected chi connectivity index (χ3v) is 6.10. The number of nitrogens with zero attached hydrogens (tertiary/aromatic N) is 9. The predicted molar refractivity (Wildman–Crippen MR) is 110 cm³/mol. The molecule has 4 aromatic heterocycles. The van der Waals surface area contributed by atoms with Gasteiger partial charge in [-0.3, -0.25) is 14.1 Å². The highest BCUT2D eigenvalue weighted by atomic mass is 15.4. The number of rotatable bonds is 4. The monoisotopic (exact) mass is 399 g/mol. The van der Waals surface area contributed by atoms with Crippen LogP contribution < -0.4 is 4.90 Å². The van der Waals surface area contributed by atoms with E-state index in [1.165, 1.54) is 19.3 Å². The van der Waals surface area contributed by atoms with E-state index in [4.69, 9.17) is 4.98 Å². The first kappa shape index (κ1) is 17.3. The number of hydrogen-bond donors (Lipinski definition) is 0. The average Bonchev–Trinajstić information content (AvgIpc) is 3.43. The molecule has 1 atom stereocenters. The van der Waals surface area contributed by atoms with Gasteiger partial charge in [0.05, 0.1) is 12.2 Å². The molecule has 0 N–H and O–H groups in total. The largest absolute Gasteiger partial charge is 0.341 e. The first-order chi connectivity index (χ1) is 14.8. The van der Waals surface area contributed by atoms with Gasteiger partial charge in [-0.15, -0.1) is 10.2 Å². The number of pyridine rings is 1. The van der Waals surface area contributed by atoms with Gasteiger partial charge in [-0.05, 0) is 37.8 Å². The summed E-state index contributed by atoms with van der Waals surface area (Å²) in [6.07, 6.45) is 15.4. The van der Waals surface area contributed by atoms with E-state index in [0.29, 0.717) is 12.0 Å². The normalized spacial score (nSPS) is 18.0. The molecule has 0 saturated heterocycles. The summed E-state index contributed by atoms with van der Waals surface area (Å²) in [6, 6.07) is 4.52. The molecule has 0 bridgehead atoms. The molecule has 6 rings (SSSR count). The molecule has 0 amide bonds. The molecule has 0 spiro atoms. The minimum absolute atomic E-state index is 0.163. The molecule has 9 heteroatoms. The third-order valence-electron chi connectivity index (χ3n) is 6.10. The first-order valence-electron chi connectivity index (χ1n) is 10.3. The summed E-state index contributed by atoms with van der Waals surface area (Å²) in [6.45, 7) is 2.19. The molecule has 0 aromatic carbocycles. The minimum atomic E-state index is 0.163. The van der Waals surface area contributed by atoms with Crippen LogP contribution in [0.4, 0.5) is 5.82 Å². The molecular weight excluding hydrogens is 378 g/mol. The molecule has 1 unspecified atom stereocenters. The fraction of sp³-hybridized carbons (Fsp3) is 0.333. The third kappa shape index (κ3) is 2.47.